The second-order valence-electron chi connectivity index (χ2n) is 5.45. The van der Waals surface area contributed by atoms with E-state index in [4.69, 9.17) is 0 Å². The number of benzene rings is 1. The molecule has 0 unspecified atom stereocenters. The van der Waals surface area contributed by atoms with Crippen molar-refractivity contribution in [3.05, 3.63) is 45.8 Å². The summed E-state index contributed by atoms with van der Waals surface area (Å²) in [5, 5.41) is 25.8. The Labute approximate surface area is 143 Å². The third-order valence-electron chi connectivity index (χ3n) is 3.76. The van der Waals surface area contributed by atoms with Gasteiger partial charge in [0.1, 0.15) is 16.8 Å². The van der Waals surface area contributed by atoms with Gasteiger partial charge >= 0.3 is 6.03 Å². The number of nitrogens with one attached hydrogen (secondary N) is 2. The highest BCUT2D eigenvalue weighted by Gasteiger charge is 2.21. The lowest BCUT2D eigenvalue weighted by Crippen LogP contribution is -2.24. The van der Waals surface area contributed by atoms with Crippen LogP contribution in [0, 0.1) is 11.3 Å². The van der Waals surface area contributed by atoms with E-state index in [1.807, 2.05) is 0 Å². The number of aryl methyl sites for hydroxylation is 1. The van der Waals surface area contributed by atoms with Gasteiger partial charge in [-0.25, -0.2) is 10.2 Å². The average Bonchev–Trinajstić information content (AvgIpc) is 2.91. The largest absolute Gasteiger partial charge is 0.508 e. The molecule has 1 aromatic carbocycles. The van der Waals surface area contributed by atoms with Gasteiger partial charge in [0.05, 0.1) is 11.8 Å². The number of phenolic OH excluding ortho intramolecular Hbond substituents is 1. The van der Waals surface area contributed by atoms with Gasteiger partial charge in [-0.15, -0.1) is 11.3 Å². The first kappa shape index (κ1) is 16.0. The van der Waals surface area contributed by atoms with Gasteiger partial charge in [0.2, 0.25) is 0 Å². The number of urea groups is 1. The number of aromatic hydroxyl groups is 1. The molecule has 122 valence electrons. The molecule has 0 radical (unpaired) electrons. The molecule has 2 aromatic rings. The van der Waals surface area contributed by atoms with Crippen LogP contribution in [0.5, 0.6) is 5.75 Å². The first-order chi connectivity index (χ1) is 11.7. The summed E-state index contributed by atoms with van der Waals surface area (Å²) in [7, 11) is 0. The van der Waals surface area contributed by atoms with E-state index in [0.29, 0.717) is 16.1 Å². The molecule has 0 atom stereocenters. The van der Waals surface area contributed by atoms with Crippen molar-refractivity contribution in [1.29, 1.82) is 5.26 Å². The lowest BCUT2D eigenvalue weighted by Gasteiger charge is -2.09. The minimum atomic E-state index is -0.499. The summed E-state index contributed by atoms with van der Waals surface area (Å²) in [5.41, 5.74) is 4.68. The molecule has 0 spiro atoms. The molecule has 24 heavy (non-hydrogen) atoms. The Morgan fingerprint density at radius 3 is 3.00 bits per heavy atom. The number of hydrogen-bond acceptors (Lipinski definition) is 5. The van der Waals surface area contributed by atoms with Crippen molar-refractivity contribution in [2.45, 2.75) is 25.7 Å². The molecule has 0 saturated carbocycles. The summed E-state index contributed by atoms with van der Waals surface area (Å²) in [6.07, 6.45) is 5.50. The van der Waals surface area contributed by atoms with Crippen LogP contribution >= 0.6 is 11.3 Å². The molecule has 7 heteroatoms. The molecule has 1 aliphatic carbocycles. The third-order valence-corrected chi connectivity index (χ3v) is 4.97. The predicted molar refractivity (Wildman–Crippen MR) is 93.5 cm³/mol. The topological polar surface area (TPSA) is 97.5 Å². The number of carbonyl (C=O) groups is 1. The Morgan fingerprint density at radius 2 is 2.21 bits per heavy atom. The normalized spacial score (nSPS) is 13.3. The number of rotatable bonds is 3. The van der Waals surface area contributed by atoms with Crippen LogP contribution < -0.4 is 10.7 Å². The van der Waals surface area contributed by atoms with Gasteiger partial charge in [0, 0.05) is 4.88 Å². The Balaban J connectivity index is 1.65. The number of carbonyl (C=O) groups excluding carboxylic acids is 1. The Kier molecular flexibility index (Phi) is 4.77. The lowest BCUT2D eigenvalue weighted by atomic mass is 9.96. The van der Waals surface area contributed by atoms with Crippen LogP contribution in [-0.2, 0) is 12.8 Å². The van der Waals surface area contributed by atoms with Crippen LogP contribution in [0.3, 0.4) is 0 Å². The highest BCUT2D eigenvalue weighted by molar-refractivity contribution is 7.16. The molecule has 0 bridgehead atoms. The van der Waals surface area contributed by atoms with E-state index in [0.717, 1.165) is 31.2 Å². The molecule has 1 aliphatic rings. The van der Waals surface area contributed by atoms with E-state index < -0.39 is 6.03 Å². The van der Waals surface area contributed by atoms with E-state index in [2.05, 4.69) is 21.9 Å². The second-order valence-corrected chi connectivity index (χ2v) is 6.55. The number of fused-ring (bicyclic) bond motifs is 1. The molecule has 6 nitrogen and oxygen atoms in total. The minimum Gasteiger partial charge on any atom is -0.508 e. The maximum Gasteiger partial charge on any atom is 0.340 e. The summed E-state index contributed by atoms with van der Waals surface area (Å²) in [5.74, 6) is 0.131. The zero-order valence-electron chi connectivity index (χ0n) is 12.9. The highest BCUT2D eigenvalue weighted by atomic mass is 32.1. The molecule has 1 heterocycles. The van der Waals surface area contributed by atoms with E-state index >= 15 is 0 Å². The fraction of sp³-hybridized carbons (Fsp3) is 0.235. The monoisotopic (exact) mass is 340 g/mol. The van der Waals surface area contributed by atoms with Crippen LogP contribution in [0.1, 0.15) is 34.4 Å². The van der Waals surface area contributed by atoms with Gasteiger partial charge in [0.15, 0.2) is 0 Å². The lowest BCUT2D eigenvalue weighted by molar-refractivity contribution is 0.252. The van der Waals surface area contributed by atoms with Crippen LogP contribution in [0.15, 0.2) is 29.4 Å². The van der Waals surface area contributed by atoms with Crippen molar-refractivity contribution in [2.75, 3.05) is 5.32 Å². The van der Waals surface area contributed by atoms with Gasteiger partial charge in [0.25, 0.3) is 0 Å². The molecular formula is C17H16N4O2S. The van der Waals surface area contributed by atoms with Crippen LogP contribution in [0.25, 0.3) is 0 Å². The van der Waals surface area contributed by atoms with Crippen LogP contribution in [0.4, 0.5) is 9.80 Å². The molecule has 3 rings (SSSR count). The second kappa shape index (κ2) is 7.15. The zero-order chi connectivity index (χ0) is 16.9. The Morgan fingerprint density at radius 1 is 1.38 bits per heavy atom. The smallest absolute Gasteiger partial charge is 0.340 e. The molecule has 3 N–H and O–H groups in total. The zero-order valence-corrected chi connectivity index (χ0v) is 13.7. The molecular weight excluding hydrogens is 324 g/mol. The summed E-state index contributed by atoms with van der Waals surface area (Å²) >= 11 is 1.47. The van der Waals surface area contributed by atoms with Crippen LogP contribution in [0.2, 0.25) is 0 Å². The number of thiophene rings is 1. The molecule has 1 aromatic heterocycles. The number of nitriles is 1. The van der Waals surface area contributed by atoms with Gasteiger partial charge in [-0.2, -0.15) is 10.4 Å². The SMILES string of the molecule is N#Cc1c(NC(=O)N/N=C/c2cccc(O)c2)sc2c1CCCC2. The van der Waals surface area contributed by atoms with E-state index in [-0.39, 0.29) is 5.75 Å². The number of hydrogen-bond donors (Lipinski definition) is 3. The van der Waals surface area contributed by atoms with Gasteiger partial charge in [-0.3, -0.25) is 5.32 Å². The van der Waals surface area contributed by atoms with Crippen molar-refractivity contribution in [3.8, 4) is 11.8 Å². The third kappa shape index (κ3) is 3.55. The Hall–Kier alpha value is -2.85. The van der Waals surface area contributed by atoms with Crippen molar-refractivity contribution in [1.82, 2.24) is 5.43 Å². The number of phenols is 1. The number of nitrogens with zero attached hydrogens (tertiary/aromatic N) is 2. The number of hydrazone groups is 1. The number of anilines is 1. The quantitative estimate of drug-likeness (QED) is 0.590. The summed E-state index contributed by atoms with van der Waals surface area (Å²) in [4.78, 5) is 13.2. The van der Waals surface area contributed by atoms with Crippen molar-refractivity contribution < 1.29 is 9.90 Å². The molecule has 0 aliphatic heterocycles. The maximum atomic E-state index is 12.0. The first-order valence-electron chi connectivity index (χ1n) is 7.61. The van der Waals surface area contributed by atoms with Crippen molar-refractivity contribution in [3.63, 3.8) is 0 Å². The van der Waals surface area contributed by atoms with E-state index in [1.54, 1.807) is 18.2 Å². The van der Waals surface area contributed by atoms with E-state index in [1.165, 1.54) is 28.5 Å². The molecule has 2 amide bonds. The average molecular weight is 340 g/mol. The van der Waals surface area contributed by atoms with E-state index in [9.17, 15) is 15.2 Å². The summed E-state index contributed by atoms with van der Waals surface area (Å²) in [6.45, 7) is 0. The number of amides is 2. The summed E-state index contributed by atoms with van der Waals surface area (Å²) < 4.78 is 0. The first-order valence-corrected chi connectivity index (χ1v) is 8.43. The fourth-order valence-corrected chi connectivity index (χ4v) is 3.91. The predicted octanol–water partition coefficient (Wildman–Crippen LogP) is 3.36. The van der Waals surface area contributed by atoms with Crippen LogP contribution in [-0.4, -0.2) is 17.4 Å². The summed E-state index contributed by atoms with van der Waals surface area (Å²) in [6, 6.07) is 8.23. The van der Waals surface area contributed by atoms with Gasteiger partial charge in [-0.05, 0) is 48.9 Å². The highest BCUT2D eigenvalue weighted by Crippen LogP contribution is 2.37. The molecule has 0 fully saturated rings. The Bertz CT molecular complexity index is 836. The van der Waals surface area contributed by atoms with Gasteiger partial charge in [-0.1, -0.05) is 12.1 Å². The molecule has 0 saturated heterocycles. The maximum absolute atomic E-state index is 12.0. The minimum absolute atomic E-state index is 0.131. The fourth-order valence-electron chi connectivity index (χ4n) is 2.67. The van der Waals surface area contributed by atoms with Crippen molar-refractivity contribution >= 4 is 28.6 Å². The van der Waals surface area contributed by atoms with Crippen molar-refractivity contribution in [2.24, 2.45) is 5.10 Å². The van der Waals surface area contributed by atoms with Gasteiger partial charge < -0.3 is 5.11 Å². The standard InChI is InChI=1S/C17H16N4O2S/c18-9-14-13-6-1-2-7-15(13)24-16(14)20-17(23)21-19-10-11-4-3-5-12(22)8-11/h3-5,8,10,22H,1-2,6-7H2,(H2,20,21,23)/b19-10+.